The van der Waals surface area contributed by atoms with Crippen LogP contribution in [0.15, 0.2) is 22.8 Å². The van der Waals surface area contributed by atoms with Gasteiger partial charge in [0.05, 0.1) is 18.0 Å². The molecule has 0 fully saturated rings. The number of nitrogens with one attached hydrogen (secondary N) is 2. The molecule has 23 heavy (non-hydrogen) atoms. The van der Waals surface area contributed by atoms with Crippen LogP contribution < -0.4 is 5.32 Å². The predicted molar refractivity (Wildman–Crippen MR) is 90.1 cm³/mol. The summed E-state index contributed by atoms with van der Waals surface area (Å²) >= 11 is 0. The highest BCUT2D eigenvalue weighted by atomic mass is 16.3. The Hall–Kier alpha value is -2.04. The molecule has 2 rings (SSSR count). The van der Waals surface area contributed by atoms with Crippen LogP contribution in [-0.4, -0.2) is 16.1 Å². The second-order valence-corrected chi connectivity index (χ2v) is 7.33. The molecule has 1 amide bonds. The fourth-order valence-electron chi connectivity index (χ4n) is 3.06. The lowest BCUT2D eigenvalue weighted by atomic mass is 9.85. The van der Waals surface area contributed by atoms with Gasteiger partial charge in [-0.3, -0.25) is 9.89 Å². The van der Waals surface area contributed by atoms with Gasteiger partial charge in [-0.05, 0) is 42.9 Å². The van der Waals surface area contributed by atoms with E-state index in [0.717, 1.165) is 22.7 Å². The molecule has 0 aliphatic rings. The fraction of sp³-hybridized carbons (Fsp3) is 0.556. The molecule has 0 radical (unpaired) electrons. The zero-order valence-electron chi connectivity index (χ0n) is 14.9. The van der Waals surface area contributed by atoms with Gasteiger partial charge in [0.15, 0.2) is 0 Å². The van der Waals surface area contributed by atoms with E-state index in [1.54, 1.807) is 6.26 Å². The summed E-state index contributed by atoms with van der Waals surface area (Å²) in [7, 11) is 0. The summed E-state index contributed by atoms with van der Waals surface area (Å²) in [6.45, 7) is 12.3. The van der Waals surface area contributed by atoms with Crippen LogP contribution in [0.3, 0.4) is 0 Å². The van der Waals surface area contributed by atoms with Gasteiger partial charge in [-0.2, -0.15) is 5.10 Å². The first-order valence-corrected chi connectivity index (χ1v) is 8.04. The van der Waals surface area contributed by atoms with Gasteiger partial charge in [0, 0.05) is 12.1 Å². The number of carbonyl (C=O) groups excluding carboxylic acids is 1. The number of H-pyrrole nitrogens is 1. The van der Waals surface area contributed by atoms with E-state index in [-0.39, 0.29) is 23.3 Å². The van der Waals surface area contributed by atoms with Crippen molar-refractivity contribution < 1.29 is 9.21 Å². The number of nitrogens with zero attached hydrogens (tertiary/aromatic N) is 1. The lowest BCUT2D eigenvalue weighted by Gasteiger charge is -2.30. The molecule has 2 N–H and O–H groups in total. The average Bonchev–Trinajstić information content (AvgIpc) is 3.05. The van der Waals surface area contributed by atoms with Crippen LogP contribution in [0, 0.1) is 19.3 Å². The number of rotatable bonds is 5. The van der Waals surface area contributed by atoms with E-state index in [1.165, 1.54) is 0 Å². The van der Waals surface area contributed by atoms with Gasteiger partial charge in [0.2, 0.25) is 5.91 Å². The van der Waals surface area contributed by atoms with Crippen LogP contribution in [0.5, 0.6) is 0 Å². The van der Waals surface area contributed by atoms with Crippen molar-refractivity contribution in [3.05, 3.63) is 41.1 Å². The summed E-state index contributed by atoms with van der Waals surface area (Å²) in [5.41, 5.74) is 2.99. The predicted octanol–water partition coefficient (Wildman–Crippen LogP) is 4.02. The highest BCUT2D eigenvalue weighted by Gasteiger charge is 2.30. The third-order valence-electron chi connectivity index (χ3n) is 4.17. The molecule has 2 aromatic heterocycles. The number of hydrogen-bond donors (Lipinski definition) is 2. The lowest BCUT2D eigenvalue weighted by Crippen LogP contribution is -2.36. The monoisotopic (exact) mass is 317 g/mol. The molecule has 0 unspecified atom stereocenters. The van der Waals surface area contributed by atoms with Crippen LogP contribution >= 0.6 is 0 Å². The summed E-state index contributed by atoms with van der Waals surface area (Å²) in [6.07, 6.45) is 2.07. The molecule has 2 atom stereocenters. The Kier molecular flexibility index (Phi) is 4.97. The molecule has 0 saturated heterocycles. The van der Waals surface area contributed by atoms with E-state index in [0.29, 0.717) is 6.42 Å². The number of furan rings is 1. The summed E-state index contributed by atoms with van der Waals surface area (Å²) in [4.78, 5) is 12.5. The molecule has 2 heterocycles. The minimum absolute atomic E-state index is 0.0221. The van der Waals surface area contributed by atoms with Crippen molar-refractivity contribution in [1.82, 2.24) is 15.5 Å². The van der Waals surface area contributed by atoms with Crippen molar-refractivity contribution in [3.8, 4) is 0 Å². The van der Waals surface area contributed by atoms with Gasteiger partial charge in [-0.15, -0.1) is 0 Å². The number of aryl methyl sites for hydroxylation is 2. The first-order valence-electron chi connectivity index (χ1n) is 8.04. The fourth-order valence-corrected chi connectivity index (χ4v) is 3.06. The highest BCUT2D eigenvalue weighted by Crippen LogP contribution is 2.33. The van der Waals surface area contributed by atoms with Crippen LogP contribution in [0.2, 0.25) is 0 Å². The Labute approximate surface area is 137 Å². The van der Waals surface area contributed by atoms with E-state index in [1.807, 2.05) is 26.0 Å². The van der Waals surface area contributed by atoms with Crippen molar-refractivity contribution in [1.29, 1.82) is 0 Å². The van der Waals surface area contributed by atoms with E-state index >= 15 is 0 Å². The van der Waals surface area contributed by atoms with Crippen molar-refractivity contribution in [3.63, 3.8) is 0 Å². The van der Waals surface area contributed by atoms with Crippen LogP contribution in [-0.2, 0) is 4.79 Å². The van der Waals surface area contributed by atoms with Crippen LogP contribution in [0.4, 0.5) is 0 Å². The molecule has 0 aliphatic heterocycles. The molecule has 0 saturated carbocycles. The minimum Gasteiger partial charge on any atom is -0.467 e. The standard InChI is InChI=1S/C18H27N3O2/c1-11(16-12(2)20-21-13(16)3)10-15(22)19-17(18(4,5)6)14-8-7-9-23-14/h7-9,11,17H,10H2,1-6H3,(H,19,22)(H,20,21)/t11-,17-/m1/s1. The topological polar surface area (TPSA) is 70.9 Å². The van der Waals surface area contributed by atoms with Gasteiger partial charge >= 0.3 is 0 Å². The molecule has 0 aromatic carbocycles. The van der Waals surface area contributed by atoms with Crippen molar-refractivity contribution in [2.45, 2.75) is 59.9 Å². The molecule has 5 heteroatoms. The van der Waals surface area contributed by atoms with Gasteiger partial charge in [-0.1, -0.05) is 27.7 Å². The molecule has 2 aromatic rings. The lowest BCUT2D eigenvalue weighted by molar-refractivity contribution is -0.123. The molecule has 0 spiro atoms. The number of carbonyl (C=O) groups is 1. The SMILES string of the molecule is Cc1n[nH]c(C)c1[C@H](C)CC(=O)N[C@H](c1ccco1)C(C)(C)C. The Bertz CT molecular complexity index is 631. The Balaban J connectivity index is 2.08. The van der Waals surface area contributed by atoms with E-state index in [9.17, 15) is 4.79 Å². The normalized spacial score (nSPS) is 14.5. The van der Waals surface area contributed by atoms with E-state index in [4.69, 9.17) is 4.42 Å². The molecular formula is C18H27N3O2. The van der Waals surface area contributed by atoms with Gasteiger partial charge < -0.3 is 9.73 Å². The molecule has 126 valence electrons. The quantitative estimate of drug-likeness (QED) is 0.875. The Morgan fingerprint density at radius 2 is 2.09 bits per heavy atom. The minimum atomic E-state index is -0.149. The average molecular weight is 317 g/mol. The molecule has 5 nitrogen and oxygen atoms in total. The maximum absolute atomic E-state index is 12.5. The maximum atomic E-state index is 12.5. The summed E-state index contributed by atoms with van der Waals surface area (Å²) < 4.78 is 5.51. The van der Waals surface area contributed by atoms with E-state index in [2.05, 4.69) is 43.2 Å². The summed E-state index contributed by atoms with van der Waals surface area (Å²) in [6, 6.07) is 3.61. The first-order chi connectivity index (χ1) is 10.7. The molecule has 0 aliphatic carbocycles. The van der Waals surface area contributed by atoms with Gasteiger partial charge in [0.25, 0.3) is 0 Å². The number of hydrogen-bond acceptors (Lipinski definition) is 3. The zero-order valence-corrected chi connectivity index (χ0v) is 14.9. The summed E-state index contributed by atoms with van der Waals surface area (Å²) in [5.74, 6) is 0.925. The van der Waals surface area contributed by atoms with E-state index < -0.39 is 0 Å². The number of amides is 1. The Morgan fingerprint density at radius 3 is 2.57 bits per heavy atom. The number of aromatic amines is 1. The van der Waals surface area contributed by atoms with Crippen LogP contribution in [0.1, 0.15) is 68.8 Å². The highest BCUT2D eigenvalue weighted by molar-refractivity contribution is 5.77. The van der Waals surface area contributed by atoms with Crippen LogP contribution in [0.25, 0.3) is 0 Å². The number of aromatic nitrogens is 2. The first kappa shape index (κ1) is 17.3. The van der Waals surface area contributed by atoms with Gasteiger partial charge in [-0.25, -0.2) is 0 Å². The van der Waals surface area contributed by atoms with Gasteiger partial charge in [0.1, 0.15) is 5.76 Å². The second-order valence-electron chi connectivity index (χ2n) is 7.33. The Morgan fingerprint density at radius 1 is 1.39 bits per heavy atom. The zero-order chi connectivity index (χ0) is 17.2. The van der Waals surface area contributed by atoms with Crippen molar-refractivity contribution in [2.24, 2.45) is 5.41 Å². The van der Waals surface area contributed by atoms with Crippen molar-refractivity contribution in [2.75, 3.05) is 0 Å². The third-order valence-corrected chi connectivity index (χ3v) is 4.17. The molecular weight excluding hydrogens is 290 g/mol. The largest absolute Gasteiger partial charge is 0.467 e. The third kappa shape index (κ3) is 4.03. The molecule has 0 bridgehead atoms. The smallest absolute Gasteiger partial charge is 0.221 e. The maximum Gasteiger partial charge on any atom is 0.221 e. The second kappa shape index (κ2) is 6.60. The summed E-state index contributed by atoms with van der Waals surface area (Å²) in [5, 5.41) is 10.3. The van der Waals surface area contributed by atoms with Crippen molar-refractivity contribution >= 4 is 5.91 Å².